The predicted octanol–water partition coefficient (Wildman–Crippen LogP) is 5.85. The van der Waals surface area contributed by atoms with Gasteiger partial charge in [0, 0.05) is 6.54 Å². The lowest BCUT2D eigenvalue weighted by atomic mass is 9.81. The van der Waals surface area contributed by atoms with Crippen molar-refractivity contribution in [2.45, 2.75) is 68.2 Å². The average Bonchev–Trinajstić information content (AvgIpc) is 3.61. The molecule has 38 heavy (non-hydrogen) atoms. The van der Waals surface area contributed by atoms with Gasteiger partial charge < -0.3 is 10.1 Å². The Morgan fingerprint density at radius 1 is 1.03 bits per heavy atom. The topological polar surface area (TPSA) is 53.9 Å². The number of ether oxygens (including phenoxy) is 1. The number of hydrogen-bond acceptors (Lipinski definition) is 4. The molecule has 0 radical (unpaired) electrons. The molecule has 2 fully saturated rings. The van der Waals surface area contributed by atoms with Crippen LogP contribution in [0.25, 0.3) is 0 Å². The first kappa shape index (κ1) is 26.7. The molecule has 204 valence electrons. The molecule has 11 heteroatoms. The van der Waals surface area contributed by atoms with Gasteiger partial charge in [-0.3, -0.25) is 14.7 Å². The van der Waals surface area contributed by atoms with Crippen LogP contribution in [0.5, 0.6) is 0 Å². The van der Waals surface area contributed by atoms with E-state index in [0.717, 1.165) is 18.4 Å². The van der Waals surface area contributed by atoms with Crippen molar-refractivity contribution < 1.29 is 35.9 Å². The van der Waals surface area contributed by atoms with Crippen LogP contribution in [-0.2, 0) is 27.4 Å². The van der Waals surface area contributed by atoms with Crippen LogP contribution in [0.1, 0.15) is 61.0 Å². The maximum atomic E-state index is 13.3. The third kappa shape index (κ3) is 5.05. The van der Waals surface area contributed by atoms with Crippen molar-refractivity contribution in [2.24, 2.45) is 4.99 Å². The van der Waals surface area contributed by atoms with E-state index < -0.39 is 40.7 Å². The second-order valence-electron chi connectivity index (χ2n) is 10.3. The molecule has 2 aromatic rings. The zero-order valence-electron chi connectivity index (χ0n) is 20.6. The van der Waals surface area contributed by atoms with Gasteiger partial charge in [-0.05, 0) is 61.9 Å². The Balaban J connectivity index is 1.35. The fraction of sp³-hybridized carbons (Fsp3) is 0.481. The van der Waals surface area contributed by atoms with E-state index >= 15 is 0 Å². The van der Waals surface area contributed by atoms with Crippen LogP contribution < -0.4 is 5.32 Å². The Bertz CT molecular complexity index is 1180. The van der Waals surface area contributed by atoms with E-state index in [1.54, 1.807) is 11.2 Å². The molecule has 2 aromatic carbocycles. The Labute approximate surface area is 215 Å². The minimum atomic E-state index is -4.93. The van der Waals surface area contributed by atoms with Crippen LogP contribution in [0.15, 0.2) is 53.5 Å². The molecule has 0 unspecified atom stereocenters. The molecule has 5 nitrogen and oxygen atoms in total. The molecule has 1 saturated carbocycles. The quantitative estimate of drug-likeness (QED) is 0.469. The third-order valence-corrected chi connectivity index (χ3v) is 7.74. The SMILES string of the molecule is C[C@@H](OC[C@@]1(c2ccccc2)CC[C@H](N2C=NC3(CC3)C2=O)CN1)c1cc(C(F)(F)F)cc(C(F)(F)F)c1. The monoisotopic (exact) mass is 539 g/mol. The summed E-state index contributed by atoms with van der Waals surface area (Å²) < 4.78 is 86.1. The van der Waals surface area contributed by atoms with E-state index in [4.69, 9.17) is 4.74 Å². The largest absolute Gasteiger partial charge is 0.416 e. The van der Waals surface area contributed by atoms with E-state index in [1.165, 1.54) is 6.92 Å². The summed E-state index contributed by atoms with van der Waals surface area (Å²) in [6.45, 7) is 1.88. The second-order valence-corrected chi connectivity index (χ2v) is 10.3. The predicted molar refractivity (Wildman–Crippen MR) is 127 cm³/mol. The van der Waals surface area contributed by atoms with E-state index in [1.807, 2.05) is 30.3 Å². The number of hydrogen-bond donors (Lipinski definition) is 1. The van der Waals surface area contributed by atoms with Crippen molar-refractivity contribution in [1.29, 1.82) is 0 Å². The van der Waals surface area contributed by atoms with Crippen molar-refractivity contribution in [1.82, 2.24) is 10.2 Å². The highest BCUT2D eigenvalue weighted by Crippen LogP contribution is 2.45. The first-order valence-corrected chi connectivity index (χ1v) is 12.4. The molecule has 0 aromatic heterocycles. The zero-order valence-corrected chi connectivity index (χ0v) is 20.6. The number of amides is 1. The number of carbonyl (C=O) groups is 1. The van der Waals surface area contributed by atoms with Gasteiger partial charge in [0.15, 0.2) is 0 Å². The Hall–Kier alpha value is -2.92. The van der Waals surface area contributed by atoms with Crippen molar-refractivity contribution >= 4 is 12.2 Å². The molecular weight excluding hydrogens is 512 g/mol. The molecule has 1 amide bonds. The van der Waals surface area contributed by atoms with Crippen molar-refractivity contribution in [3.8, 4) is 0 Å². The number of nitrogens with one attached hydrogen (secondary N) is 1. The Morgan fingerprint density at radius 3 is 2.16 bits per heavy atom. The summed E-state index contributed by atoms with van der Waals surface area (Å²) in [7, 11) is 0. The zero-order chi connectivity index (χ0) is 27.3. The van der Waals surface area contributed by atoms with Crippen LogP contribution in [0, 0.1) is 0 Å². The number of halogens is 6. The number of carbonyl (C=O) groups excluding carboxylic acids is 1. The van der Waals surface area contributed by atoms with Crippen LogP contribution >= 0.6 is 0 Å². The molecule has 1 N–H and O–H groups in total. The molecule has 3 atom stereocenters. The molecule has 1 saturated heterocycles. The van der Waals surface area contributed by atoms with Crippen LogP contribution in [0.2, 0.25) is 0 Å². The Morgan fingerprint density at radius 2 is 1.66 bits per heavy atom. The highest BCUT2D eigenvalue weighted by Gasteiger charge is 2.56. The molecule has 1 aliphatic carbocycles. The van der Waals surface area contributed by atoms with Gasteiger partial charge >= 0.3 is 12.4 Å². The lowest BCUT2D eigenvalue weighted by molar-refractivity contribution is -0.143. The fourth-order valence-corrected chi connectivity index (χ4v) is 5.18. The molecule has 0 bridgehead atoms. The molecular formula is C27H27F6N3O2. The number of piperidine rings is 1. The van der Waals surface area contributed by atoms with Gasteiger partial charge in [-0.25, -0.2) is 0 Å². The standard InChI is InChI=1S/C27H27F6N3O2/c1-17(18-11-20(26(28,29)30)13-21(12-18)27(31,32)33)38-15-25(19-5-3-2-4-6-19)8-7-22(14-34-25)36-16-35-24(9-10-24)23(36)37/h2-6,11-13,16-17,22,34H,7-10,14-15H2,1H3/t17-,22+,25-/m1/s1. The molecule has 1 spiro atoms. The summed E-state index contributed by atoms with van der Waals surface area (Å²) in [4.78, 5) is 18.8. The maximum Gasteiger partial charge on any atom is 0.416 e. The molecule has 2 aliphatic heterocycles. The van der Waals surface area contributed by atoms with Gasteiger partial charge in [-0.1, -0.05) is 30.3 Å². The summed E-state index contributed by atoms with van der Waals surface area (Å²) in [5.74, 6) is 0.00592. The number of benzene rings is 2. The maximum absolute atomic E-state index is 13.3. The number of rotatable bonds is 6. The van der Waals surface area contributed by atoms with Crippen molar-refractivity contribution in [2.75, 3.05) is 13.2 Å². The van der Waals surface area contributed by atoms with Gasteiger partial charge in [0.2, 0.25) is 0 Å². The first-order chi connectivity index (χ1) is 17.8. The van der Waals surface area contributed by atoms with Gasteiger partial charge in [0.1, 0.15) is 5.54 Å². The average molecular weight is 540 g/mol. The smallest absolute Gasteiger partial charge is 0.372 e. The first-order valence-electron chi connectivity index (χ1n) is 12.4. The van der Waals surface area contributed by atoms with Gasteiger partial charge in [0.05, 0.1) is 41.8 Å². The number of aliphatic imine (C=N–C) groups is 1. The summed E-state index contributed by atoms with van der Waals surface area (Å²) in [5.41, 5.74) is -3.40. The van der Waals surface area contributed by atoms with Crippen LogP contribution in [-0.4, -0.2) is 41.9 Å². The number of nitrogens with zero attached hydrogens (tertiary/aromatic N) is 2. The van der Waals surface area contributed by atoms with Gasteiger partial charge in [-0.2, -0.15) is 26.3 Å². The van der Waals surface area contributed by atoms with E-state index in [0.29, 0.717) is 31.5 Å². The van der Waals surface area contributed by atoms with Gasteiger partial charge in [0.25, 0.3) is 5.91 Å². The van der Waals surface area contributed by atoms with E-state index in [2.05, 4.69) is 10.3 Å². The summed E-state index contributed by atoms with van der Waals surface area (Å²) in [5, 5.41) is 3.48. The Kier molecular flexibility index (Phi) is 6.58. The second kappa shape index (κ2) is 9.37. The third-order valence-electron chi connectivity index (χ3n) is 7.74. The normalized spacial score (nSPS) is 25.7. The van der Waals surface area contributed by atoms with Crippen LogP contribution in [0.3, 0.4) is 0 Å². The fourth-order valence-electron chi connectivity index (χ4n) is 5.18. The van der Waals surface area contributed by atoms with Crippen molar-refractivity contribution in [3.05, 3.63) is 70.8 Å². The summed E-state index contributed by atoms with van der Waals surface area (Å²) in [6, 6.07) is 10.7. The highest BCUT2D eigenvalue weighted by molar-refractivity contribution is 6.02. The van der Waals surface area contributed by atoms with Crippen molar-refractivity contribution in [3.63, 3.8) is 0 Å². The molecule has 5 rings (SSSR count). The highest BCUT2D eigenvalue weighted by atomic mass is 19.4. The lowest BCUT2D eigenvalue weighted by Crippen LogP contribution is -2.57. The molecule has 2 heterocycles. The number of alkyl halides is 6. The van der Waals surface area contributed by atoms with Gasteiger partial charge in [-0.15, -0.1) is 0 Å². The van der Waals surface area contributed by atoms with E-state index in [-0.39, 0.29) is 30.2 Å². The minimum absolute atomic E-state index is 0.00592. The summed E-state index contributed by atoms with van der Waals surface area (Å²) in [6.07, 6.45) is -6.63. The lowest BCUT2D eigenvalue weighted by Gasteiger charge is -2.44. The van der Waals surface area contributed by atoms with Crippen LogP contribution in [0.4, 0.5) is 26.3 Å². The minimum Gasteiger partial charge on any atom is -0.372 e. The summed E-state index contributed by atoms with van der Waals surface area (Å²) >= 11 is 0. The van der Waals surface area contributed by atoms with E-state index in [9.17, 15) is 31.1 Å². The molecule has 3 aliphatic rings.